The van der Waals surface area contributed by atoms with E-state index < -0.39 is 0 Å². The van der Waals surface area contributed by atoms with Gasteiger partial charge >= 0.3 is 0 Å². The lowest BCUT2D eigenvalue weighted by Gasteiger charge is -1.93. The Morgan fingerprint density at radius 1 is 1.64 bits per heavy atom. The number of nitrogens with zero attached hydrogens (tertiary/aromatic N) is 3. The largest absolute Gasteiger partial charge is 0.396 e. The van der Waals surface area contributed by atoms with Gasteiger partial charge < -0.3 is 5.73 Å². The first-order chi connectivity index (χ1) is 5.34. The molecule has 0 saturated heterocycles. The molecular formula is C7H10N4. The molecule has 2 N–H and O–H groups in total. The fourth-order valence-electron chi connectivity index (χ4n) is 0.645. The molecule has 4 heteroatoms. The minimum absolute atomic E-state index is 0.560. The Kier molecular flexibility index (Phi) is 2.54. The normalized spacial score (nSPS) is 10.6. The highest BCUT2D eigenvalue weighted by molar-refractivity contribution is 5.58. The summed E-state index contributed by atoms with van der Waals surface area (Å²) >= 11 is 0. The molecule has 1 aromatic heterocycles. The highest BCUT2D eigenvalue weighted by Gasteiger charge is 1.93. The van der Waals surface area contributed by atoms with Gasteiger partial charge in [0.25, 0.3) is 0 Å². The molecule has 58 valence electrons. The lowest BCUT2D eigenvalue weighted by molar-refractivity contribution is 0.861. The van der Waals surface area contributed by atoms with Crippen molar-refractivity contribution >= 4 is 11.8 Å². The molecular weight excluding hydrogens is 140 g/mol. The molecule has 0 aliphatic heterocycles. The summed E-state index contributed by atoms with van der Waals surface area (Å²) in [5.74, 6) is 0. The van der Waals surface area contributed by atoms with Gasteiger partial charge in [-0.2, -0.15) is 0 Å². The van der Waals surface area contributed by atoms with E-state index >= 15 is 0 Å². The lowest BCUT2D eigenvalue weighted by atomic mass is 10.3. The molecule has 4 nitrogen and oxygen atoms in total. The summed E-state index contributed by atoms with van der Waals surface area (Å²) in [6.45, 7) is 2.04. The van der Waals surface area contributed by atoms with Gasteiger partial charge in [-0.3, -0.25) is 0 Å². The molecule has 0 aliphatic carbocycles. The van der Waals surface area contributed by atoms with Crippen LogP contribution < -0.4 is 5.73 Å². The number of hydrogen-bond donors (Lipinski definition) is 1. The number of rotatable bonds is 2. The van der Waals surface area contributed by atoms with Crippen LogP contribution >= 0.6 is 0 Å². The maximum atomic E-state index is 5.55. The summed E-state index contributed by atoms with van der Waals surface area (Å²) < 4.78 is 0. The van der Waals surface area contributed by atoms with E-state index in [1.807, 2.05) is 19.1 Å². The number of hydrogen-bond acceptors (Lipinski definition) is 4. The van der Waals surface area contributed by atoms with E-state index in [4.69, 9.17) is 5.73 Å². The highest BCUT2D eigenvalue weighted by atomic mass is 15.3. The molecule has 11 heavy (non-hydrogen) atoms. The molecule has 1 heterocycles. The SMILES string of the molecule is CC/C=C\c1nnncc1N. The molecule has 0 fully saturated rings. The molecule has 1 rings (SSSR count). The second-order valence-electron chi connectivity index (χ2n) is 2.09. The summed E-state index contributed by atoms with van der Waals surface area (Å²) in [5.41, 5.74) is 6.79. The summed E-state index contributed by atoms with van der Waals surface area (Å²) in [6.07, 6.45) is 6.26. The molecule has 0 spiro atoms. The van der Waals surface area contributed by atoms with Gasteiger partial charge in [0, 0.05) is 0 Å². The van der Waals surface area contributed by atoms with E-state index in [-0.39, 0.29) is 0 Å². The Labute approximate surface area is 65.1 Å². The smallest absolute Gasteiger partial charge is 0.112 e. The maximum Gasteiger partial charge on any atom is 0.112 e. The third kappa shape index (κ3) is 2.00. The summed E-state index contributed by atoms with van der Waals surface area (Å²) in [4.78, 5) is 0. The topological polar surface area (TPSA) is 64.7 Å². The molecule has 0 aromatic carbocycles. The van der Waals surface area contributed by atoms with Crippen LogP contribution in [0.1, 0.15) is 19.0 Å². The van der Waals surface area contributed by atoms with Crippen molar-refractivity contribution in [2.45, 2.75) is 13.3 Å². The van der Waals surface area contributed by atoms with Crippen molar-refractivity contribution in [3.05, 3.63) is 18.0 Å². The zero-order valence-corrected chi connectivity index (χ0v) is 6.36. The monoisotopic (exact) mass is 150 g/mol. The third-order valence-corrected chi connectivity index (χ3v) is 1.21. The van der Waals surface area contributed by atoms with Crippen molar-refractivity contribution in [1.82, 2.24) is 15.4 Å². The average molecular weight is 150 g/mol. The van der Waals surface area contributed by atoms with Gasteiger partial charge in [0.05, 0.1) is 11.9 Å². The zero-order valence-electron chi connectivity index (χ0n) is 6.36. The van der Waals surface area contributed by atoms with Gasteiger partial charge in [0.1, 0.15) is 5.69 Å². The van der Waals surface area contributed by atoms with Gasteiger partial charge in [-0.1, -0.05) is 13.0 Å². The standard InChI is InChI=1S/C7H10N4/c1-2-3-4-7-6(8)5-9-11-10-7/h3-5H,2H2,1H3,(H2,8,11)/b4-3-. The second-order valence-corrected chi connectivity index (χ2v) is 2.09. The fraction of sp³-hybridized carbons (Fsp3) is 0.286. The van der Waals surface area contributed by atoms with Crippen LogP contribution in [0.4, 0.5) is 5.69 Å². The fourth-order valence-corrected chi connectivity index (χ4v) is 0.645. The maximum absolute atomic E-state index is 5.55. The van der Waals surface area contributed by atoms with Crippen LogP contribution in [0.5, 0.6) is 0 Å². The lowest BCUT2D eigenvalue weighted by Crippen LogP contribution is -1.96. The Morgan fingerprint density at radius 3 is 3.09 bits per heavy atom. The summed E-state index contributed by atoms with van der Waals surface area (Å²) in [5, 5.41) is 10.7. The molecule has 0 radical (unpaired) electrons. The van der Waals surface area contributed by atoms with Crippen molar-refractivity contribution in [2.24, 2.45) is 0 Å². The zero-order chi connectivity index (χ0) is 8.10. The summed E-state index contributed by atoms with van der Waals surface area (Å²) in [7, 11) is 0. The van der Waals surface area contributed by atoms with E-state index in [2.05, 4.69) is 15.4 Å². The van der Waals surface area contributed by atoms with Crippen LogP contribution in [0.25, 0.3) is 6.08 Å². The Balaban J connectivity index is 2.86. The molecule has 1 aromatic rings. The molecule has 0 atom stereocenters. The quantitative estimate of drug-likeness (QED) is 0.679. The average Bonchev–Trinajstić information content (AvgIpc) is 2.03. The Bertz CT molecular complexity index is 256. The highest BCUT2D eigenvalue weighted by Crippen LogP contribution is 2.05. The van der Waals surface area contributed by atoms with Crippen LogP contribution in [0.15, 0.2) is 12.3 Å². The van der Waals surface area contributed by atoms with Crippen LogP contribution in [0, 0.1) is 0 Å². The van der Waals surface area contributed by atoms with E-state index in [0.717, 1.165) is 6.42 Å². The first-order valence-electron chi connectivity index (χ1n) is 3.45. The molecule has 0 amide bonds. The molecule has 0 saturated carbocycles. The first kappa shape index (κ1) is 7.65. The number of allylic oxidation sites excluding steroid dienone is 1. The second kappa shape index (κ2) is 3.65. The van der Waals surface area contributed by atoms with E-state index in [1.165, 1.54) is 6.20 Å². The van der Waals surface area contributed by atoms with Crippen molar-refractivity contribution in [2.75, 3.05) is 5.73 Å². The van der Waals surface area contributed by atoms with Gasteiger partial charge in [0.2, 0.25) is 0 Å². The van der Waals surface area contributed by atoms with E-state index in [0.29, 0.717) is 11.4 Å². The van der Waals surface area contributed by atoms with Crippen LogP contribution in [0.3, 0.4) is 0 Å². The Hall–Kier alpha value is -1.45. The minimum atomic E-state index is 0.560. The summed E-state index contributed by atoms with van der Waals surface area (Å²) in [6, 6.07) is 0. The minimum Gasteiger partial charge on any atom is -0.396 e. The first-order valence-corrected chi connectivity index (χ1v) is 3.45. The van der Waals surface area contributed by atoms with Crippen LogP contribution in [-0.2, 0) is 0 Å². The van der Waals surface area contributed by atoms with Crippen molar-refractivity contribution in [3.63, 3.8) is 0 Å². The van der Waals surface area contributed by atoms with Crippen molar-refractivity contribution in [3.8, 4) is 0 Å². The van der Waals surface area contributed by atoms with E-state index in [9.17, 15) is 0 Å². The number of nitrogen functional groups attached to an aromatic ring is 1. The van der Waals surface area contributed by atoms with Gasteiger partial charge in [0.15, 0.2) is 0 Å². The third-order valence-electron chi connectivity index (χ3n) is 1.21. The van der Waals surface area contributed by atoms with Crippen LogP contribution in [0.2, 0.25) is 0 Å². The molecule has 0 aliphatic rings. The predicted octanol–water partition coefficient (Wildman–Crippen LogP) is 0.877. The number of aromatic nitrogens is 3. The van der Waals surface area contributed by atoms with Gasteiger partial charge in [-0.15, -0.1) is 10.2 Å². The molecule has 0 bridgehead atoms. The van der Waals surface area contributed by atoms with Gasteiger partial charge in [-0.25, -0.2) is 0 Å². The van der Waals surface area contributed by atoms with Crippen LogP contribution in [-0.4, -0.2) is 15.4 Å². The molecule has 0 unspecified atom stereocenters. The van der Waals surface area contributed by atoms with Crippen molar-refractivity contribution in [1.29, 1.82) is 0 Å². The van der Waals surface area contributed by atoms with Gasteiger partial charge in [-0.05, 0) is 17.7 Å². The number of nitrogens with two attached hydrogens (primary N) is 1. The Morgan fingerprint density at radius 2 is 2.45 bits per heavy atom. The van der Waals surface area contributed by atoms with E-state index in [1.54, 1.807) is 0 Å². The number of anilines is 1. The predicted molar refractivity (Wildman–Crippen MR) is 43.6 cm³/mol. The van der Waals surface area contributed by atoms with Crippen molar-refractivity contribution < 1.29 is 0 Å².